The van der Waals surface area contributed by atoms with Crippen molar-refractivity contribution in [3.63, 3.8) is 0 Å². The summed E-state index contributed by atoms with van der Waals surface area (Å²) in [5.74, 6) is 0.491. The Balaban J connectivity index is 0.00000338. The summed E-state index contributed by atoms with van der Waals surface area (Å²) < 4.78 is 4.99. The van der Waals surface area contributed by atoms with Gasteiger partial charge >= 0.3 is 5.97 Å². The first kappa shape index (κ1) is 22.7. The van der Waals surface area contributed by atoms with Crippen molar-refractivity contribution in [2.75, 3.05) is 13.2 Å². The summed E-state index contributed by atoms with van der Waals surface area (Å²) >= 11 is 0. The van der Waals surface area contributed by atoms with Crippen LogP contribution in [0.15, 0.2) is 29.3 Å². The van der Waals surface area contributed by atoms with Crippen molar-refractivity contribution in [2.45, 2.75) is 58.2 Å². The lowest BCUT2D eigenvalue weighted by Crippen LogP contribution is -2.45. The Hall–Kier alpha value is -1.35. The van der Waals surface area contributed by atoms with Gasteiger partial charge in [0.25, 0.3) is 0 Å². The molecule has 0 spiro atoms. The highest BCUT2D eigenvalue weighted by atomic mass is 127. The van der Waals surface area contributed by atoms with Gasteiger partial charge in [0.15, 0.2) is 5.96 Å². The standard InChI is InChI=1S/C19H29N3O3.HI/c1-3-20-19(22-16-9-11-17(23)12-10-16)21-13-14-5-7-15(8-6-14)18(24)25-4-2;/h5-8,16-17,23H,3-4,9-13H2,1-2H3,(H2,20,21,22);1H. The number of carbonyl (C=O) groups is 1. The number of aliphatic imine (C=N–C) groups is 1. The Kier molecular flexibility index (Phi) is 10.6. The minimum atomic E-state index is -0.299. The van der Waals surface area contributed by atoms with Crippen LogP contribution in [-0.2, 0) is 11.3 Å². The molecule has 2 rings (SSSR count). The molecule has 6 nitrogen and oxygen atoms in total. The van der Waals surface area contributed by atoms with Crippen molar-refractivity contribution in [3.8, 4) is 0 Å². The van der Waals surface area contributed by atoms with Crippen LogP contribution in [0.2, 0.25) is 0 Å². The lowest BCUT2D eigenvalue weighted by atomic mass is 9.93. The van der Waals surface area contributed by atoms with Gasteiger partial charge in [-0.2, -0.15) is 0 Å². The van der Waals surface area contributed by atoms with Crippen molar-refractivity contribution >= 4 is 35.9 Å². The third-order valence-corrected chi connectivity index (χ3v) is 4.27. The summed E-state index contributed by atoms with van der Waals surface area (Å²) in [5, 5.41) is 16.3. The van der Waals surface area contributed by atoms with Gasteiger partial charge in [-0.3, -0.25) is 0 Å². The molecule has 0 radical (unpaired) electrons. The summed E-state index contributed by atoms with van der Waals surface area (Å²) in [6.07, 6.45) is 3.44. The Morgan fingerprint density at radius 3 is 2.42 bits per heavy atom. The number of benzene rings is 1. The summed E-state index contributed by atoms with van der Waals surface area (Å²) in [6.45, 7) is 5.54. The van der Waals surface area contributed by atoms with Crippen LogP contribution in [0.5, 0.6) is 0 Å². The van der Waals surface area contributed by atoms with Crippen LogP contribution in [0, 0.1) is 0 Å². The number of hydrogen-bond acceptors (Lipinski definition) is 4. The second-order valence-electron chi connectivity index (χ2n) is 6.26. The molecular formula is C19H30IN3O3. The predicted octanol–water partition coefficient (Wildman–Crippen LogP) is 2.84. The minimum absolute atomic E-state index is 0. The van der Waals surface area contributed by atoms with Gasteiger partial charge in [0.1, 0.15) is 0 Å². The summed E-state index contributed by atoms with van der Waals surface area (Å²) in [4.78, 5) is 16.3. The van der Waals surface area contributed by atoms with Gasteiger partial charge in [-0.15, -0.1) is 24.0 Å². The summed E-state index contributed by atoms with van der Waals surface area (Å²) in [7, 11) is 0. The number of nitrogens with zero attached hydrogens (tertiary/aromatic N) is 1. The van der Waals surface area contributed by atoms with E-state index in [0.717, 1.165) is 43.8 Å². The van der Waals surface area contributed by atoms with Crippen LogP contribution < -0.4 is 10.6 Å². The van der Waals surface area contributed by atoms with E-state index in [1.54, 1.807) is 19.1 Å². The highest BCUT2D eigenvalue weighted by molar-refractivity contribution is 14.0. The second-order valence-corrected chi connectivity index (χ2v) is 6.26. The maximum atomic E-state index is 11.7. The van der Waals surface area contributed by atoms with E-state index in [0.29, 0.717) is 24.8 Å². The number of hydrogen-bond donors (Lipinski definition) is 3. The highest BCUT2D eigenvalue weighted by Gasteiger charge is 2.19. The molecule has 1 aliphatic rings. The summed E-state index contributed by atoms with van der Waals surface area (Å²) in [5.41, 5.74) is 1.59. The molecule has 0 heterocycles. The smallest absolute Gasteiger partial charge is 0.338 e. The SMILES string of the molecule is CCNC(=NCc1ccc(C(=O)OCC)cc1)NC1CCC(O)CC1.I. The number of guanidine groups is 1. The van der Waals surface area contributed by atoms with E-state index in [9.17, 15) is 9.90 Å². The molecule has 0 aromatic heterocycles. The number of carbonyl (C=O) groups excluding carboxylic acids is 1. The quantitative estimate of drug-likeness (QED) is 0.255. The zero-order valence-electron chi connectivity index (χ0n) is 15.5. The van der Waals surface area contributed by atoms with Crippen LogP contribution >= 0.6 is 24.0 Å². The zero-order valence-corrected chi connectivity index (χ0v) is 17.9. The number of esters is 1. The van der Waals surface area contributed by atoms with Crippen molar-refractivity contribution in [1.29, 1.82) is 0 Å². The van der Waals surface area contributed by atoms with Gasteiger partial charge < -0.3 is 20.5 Å². The summed E-state index contributed by atoms with van der Waals surface area (Å²) in [6, 6.07) is 7.69. The number of nitrogens with one attached hydrogen (secondary N) is 2. The van der Waals surface area contributed by atoms with Crippen molar-refractivity contribution in [2.24, 2.45) is 4.99 Å². The molecule has 1 aromatic rings. The molecule has 1 aromatic carbocycles. The second kappa shape index (κ2) is 12.1. The number of ether oxygens (including phenoxy) is 1. The molecule has 146 valence electrons. The molecule has 0 saturated heterocycles. The molecule has 1 fully saturated rings. The first-order chi connectivity index (χ1) is 12.1. The van der Waals surface area contributed by atoms with Gasteiger partial charge in [0.2, 0.25) is 0 Å². The van der Waals surface area contributed by atoms with Crippen molar-refractivity contribution in [3.05, 3.63) is 35.4 Å². The van der Waals surface area contributed by atoms with Gasteiger partial charge in [0.05, 0.1) is 24.8 Å². The highest BCUT2D eigenvalue weighted by Crippen LogP contribution is 2.18. The van der Waals surface area contributed by atoms with Crippen LogP contribution in [0.1, 0.15) is 55.5 Å². The van der Waals surface area contributed by atoms with Gasteiger partial charge in [-0.05, 0) is 57.2 Å². The van der Waals surface area contributed by atoms with E-state index in [1.165, 1.54) is 0 Å². The van der Waals surface area contributed by atoms with E-state index >= 15 is 0 Å². The normalized spacial score (nSPS) is 20.0. The van der Waals surface area contributed by atoms with Crippen molar-refractivity contribution in [1.82, 2.24) is 10.6 Å². The topological polar surface area (TPSA) is 83.0 Å². The zero-order chi connectivity index (χ0) is 18.1. The molecular weight excluding hydrogens is 445 g/mol. The fraction of sp³-hybridized carbons (Fsp3) is 0.579. The molecule has 0 atom stereocenters. The molecule has 7 heteroatoms. The maximum absolute atomic E-state index is 11.7. The number of rotatable bonds is 6. The van der Waals surface area contributed by atoms with Crippen LogP contribution in [-0.4, -0.2) is 42.3 Å². The van der Waals surface area contributed by atoms with Crippen LogP contribution in [0.3, 0.4) is 0 Å². The average molecular weight is 475 g/mol. The first-order valence-corrected chi connectivity index (χ1v) is 9.11. The maximum Gasteiger partial charge on any atom is 0.338 e. The van der Waals surface area contributed by atoms with E-state index in [2.05, 4.69) is 15.6 Å². The number of aliphatic hydroxyl groups excluding tert-OH is 1. The first-order valence-electron chi connectivity index (χ1n) is 9.11. The monoisotopic (exact) mass is 475 g/mol. The molecule has 26 heavy (non-hydrogen) atoms. The molecule has 0 bridgehead atoms. The molecule has 1 saturated carbocycles. The lowest BCUT2D eigenvalue weighted by Gasteiger charge is -2.27. The predicted molar refractivity (Wildman–Crippen MR) is 114 cm³/mol. The molecule has 1 aliphatic carbocycles. The Morgan fingerprint density at radius 1 is 1.19 bits per heavy atom. The van der Waals surface area contributed by atoms with Crippen molar-refractivity contribution < 1.29 is 14.6 Å². The molecule has 0 amide bonds. The van der Waals surface area contributed by atoms with E-state index in [-0.39, 0.29) is 36.0 Å². The van der Waals surface area contributed by atoms with Gasteiger partial charge in [0, 0.05) is 12.6 Å². The number of aliphatic hydroxyl groups is 1. The minimum Gasteiger partial charge on any atom is -0.462 e. The van der Waals surface area contributed by atoms with Crippen LogP contribution in [0.25, 0.3) is 0 Å². The fourth-order valence-corrected chi connectivity index (χ4v) is 2.86. The molecule has 0 unspecified atom stereocenters. The van der Waals surface area contributed by atoms with E-state index in [1.807, 2.05) is 19.1 Å². The Labute approximate surface area is 172 Å². The van der Waals surface area contributed by atoms with Crippen LogP contribution in [0.4, 0.5) is 0 Å². The lowest BCUT2D eigenvalue weighted by molar-refractivity contribution is 0.0526. The molecule has 3 N–H and O–H groups in total. The third-order valence-electron chi connectivity index (χ3n) is 4.27. The third kappa shape index (κ3) is 7.49. The largest absolute Gasteiger partial charge is 0.462 e. The number of halogens is 1. The average Bonchev–Trinajstić information content (AvgIpc) is 2.62. The van der Waals surface area contributed by atoms with E-state index < -0.39 is 0 Å². The van der Waals surface area contributed by atoms with Gasteiger partial charge in [-0.1, -0.05) is 12.1 Å². The Morgan fingerprint density at radius 2 is 1.85 bits per heavy atom. The fourth-order valence-electron chi connectivity index (χ4n) is 2.86. The Bertz CT molecular complexity index is 570. The molecule has 0 aliphatic heterocycles. The van der Waals surface area contributed by atoms with Gasteiger partial charge in [-0.25, -0.2) is 9.79 Å². The van der Waals surface area contributed by atoms with E-state index in [4.69, 9.17) is 4.74 Å².